The van der Waals surface area contributed by atoms with Gasteiger partial charge in [-0.15, -0.1) is 0 Å². The molecule has 0 saturated carbocycles. The quantitative estimate of drug-likeness (QED) is 0.714. The van der Waals surface area contributed by atoms with Crippen LogP contribution in [-0.2, 0) is 21.3 Å². The van der Waals surface area contributed by atoms with Crippen molar-refractivity contribution >= 4 is 39.1 Å². The Balaban J connectivity index is 1.75. The highest BCUT2D eigenvalue weighted by Crippen LogP contribution is 2.25. The lowest BCUT2D eigenvalue weighted by atomic mass is 9.79. The van der Waals surface area contributed by atoms with Crippen molar-refractivity contribution in [1.82, 2.24) is 0 Å². The third kappa shape index (κ3) is 2.56. The van der Waals surface area contributed by atoms with Crippen LogP contribution in [0, 0.1) is 0 Å². The molecule has 2 N–H and O–H groups in total. The van der Waals surface area contributed by atoms with Crippen LogP contribution >= 0.6 is 0 Å². The summed E-state index contributed by atoms with van der Waals surface area (Å²) in [6.45, 7) is 0.326. The molecule has 0 bridgehead atoms. The predicted molar refractivity (Wildman–Crippen MR) is 93.6 cm³/mol. The number of rotatable bonds is 3. The van der Waals surface area contributed by atoms with E-state index in [9.17, 15) is 13.4 Å². The fourth-order valence-electron chi connectivity index (χ4n) is 2.92. The van der Waals surface area contributed by atoms with Gasteiger partial charge in [0.2, 0.25) is 0 Å². The van der Waals surface area contributed by atoms with Crippen LogP contribution in [0.1, 0.15) is 5.56 Å². The Morgan fingerprint density at radius 1 is 1.04 bits per heavy atom. The molecule has 5 nitrogen and oxygen atoms in total. The van der Waals surface area contributed by atoms with Crippen LogP contribution in [0.15, 0.2) is 65.6 Å². The topological polar surface area (TPSA) is 75.6 Å². The number of benzene rings is 3. The highest BCUT2D eigenvalue weighted by atomic mass is 32.2. The molecule has 3 aromatic carbocycles. The summed E-state index contributed by atoms with van der Waals surface area (Å²) in [6.07, 6.45) is 0. The minimum Gasteiger partial charge on any atom is -0.423 e. The summed E-state index contributed by atoms with van der Waals surface area (Å²) in [7, 11) is -4.76. The molecule has 7 heteroatoms. The van der Waals surface area contributed by atoms with E-state index < -0.39 is 17.1 Å². The first kappa shape index (κ1) is 15.2. The molecule has 1 aliphatic heterocycles. The molecule has 3 aromatic rings. The van der Waals surface area contributed by atoms with E-state index in [2.05, 4.69) is 4.72 Å². The van der Waals surface area contributed by atoms with Gasteiger partial charge in [0.25, 0.3) is 10.0 Å². The predicted octanol–water partition coefficient (Wildman–Crippen LogP) is 1.86. The number of fused-ring (bicyclic) bond motifs is 2. The van der Waals surface area contributed by atoms with E-state index in [1.807, 2.05) is 24.3 Å². The molecular formula is C17H14BNO4S. The van der Waals surface area contributed by atoms with E-state index in [4.69, 9.17) is 4.65 Å². The van der Waals surface area contributed by atoms with E-state index >= 15 is 0 Å². The summed E-state index contributed by atoms with van der Waals surface area (Å²) in [5, 5.41) is 11.3. The zero-order chi connectivity index (χ0) is 16.7. The summed E-state index contributed by atoms with van der Waals surface area (Å²) >= 11 is 0. The van der Waals surface area contributed by atoms with Gasteiger partial charge in [-0.2, -0.15) is 0 Å². The Labute approximate surface area is 140 Å². The smallest absolute Gasteiger partial charge is 0.423 e. The van der Waals surface area contributed by atoms with Crippen molar-refractivity contribution in [2.24, 2.45) is 0 Å². The third-order valence-electron chi connectivity index (χ3n) is 4.10. The first-order valence-corrected chi connectivity index (χ1v) is 8.96. The Hall–Kier alpha value is -2.35. The first-order valence-electron chi connectivity index (χ1n) is 7.48. The lowest BCUT2D eigenvalue weighted by Gasteiger charge is -2.11. The molecule has 0 unspecified atom stereocenters. The minimum absolute atomic E-state index is 0.220. The molecule has 0 aliphatic carbocycles. The average molecular weight is 339 g/mol. The van der Waals surface area contributed by atoms with Crippen molar-refractivity contribution in [2.45, 2.75) is 11.5 Å². The fraction of sp³-hybridized carbons (Fsp3) is 0.0588. The Morgan fingerprint density at radius 2 is 1.83 bits per heavy atom. The molecule has 0 radical (unpaired) electrons. The molecule has 0 amide bonds. The zero-order valence-corrected chi connectivity index (χ0v) is 13.5. The van der Waals surface area contributed by atoms with E-state index in [1.165, 1.54) is 0 Å². The Kier molecular flexibility index (Phi) is 3.56. The molecule has 1 heterocycles. The van der Waals surface area contributed by atoms with Crippen LogP contribution in [-0.4, -0.2) is 20.6 Å². The first-order chi connectivity index (χ1) is 11.5. The highest BCUT2D eigenvalue weighted by Gasteiger charge is 2.28. The maximum atomic E-state index is 12.8. The fourth-order valence-corrected chi connectivity index (χ4v) is 4.20. The van der Waals surface area contributed by atoms with Gasteiger partial charge in [0.05, 0.1) is 11.5 Å². The third-order valence-corrected chi connectivity index (χ3v) is 5.54. The summed E-state index contributed by atoms with van der Waals surface area (Å²) < 4.78 is 33.3. The summed E-state index contributed by atoms with van der Waals surface area (Å²) in [4.78, 5) is 0.220. The largest absolute Gasteiger partial charge is 0.491 e. The number of hydrogen-bond donors (Lipinski definition) is 2. The van der Waals surface area contributed by atoms with Crippen LogP contribution in [0.3, 0.4) is 0 Å². The second-order valence-electron chi connectivity index (χ2n) is 5.66. The van der Waals surface area contributed by atoms with Crippen LogP contribution < -0.4 is 10.2 Å². The van der Waals surface area contributed by atoms with Crippen LogP contribution in [0.2, 0.25) is 0 Å². The van der Waals surface area contributed by atoms with Gasteiger partial charge in [-0.25, -0.2) is 8.42 Å². The summed E-state index contributed by atoms with van der Waals surface area (Å²) in [6, 6.07) is 17.5. The van der Waals surface area contributed by atoms with Gasteiger partial charge in [-0.1, -0.05) is 42.5 Å². The average Bonchev–Trinajstić information content (AvgIpc) is 2.95. The van der Waals surface area contributed by atoms with Gasteiger partial charge >= 0.3 is 7.12 Å². The van der Waals surface area contributed by atoms with Gasteiger partial charge in [0.15, 0.2) is 0 Å². The number of nitrogens with one attached hydrogen (secondary N) is 1. The van der Waals surface area contributed by atoms with E-state index in [1.54, 1.807) is 36.4 Å². The van der Waals surface area contributed by atoms with Crippen LogP contribution in [0.4, 0.5) is 5.69 Å². The molecule has 0 saturated heterocycles. The molecule has 24 heavy (non-hydrogen) atoms. The van der Waals surface area contributed by atoms with Crippen LogP contribution in [0.5, 0.6) is 0 Å². The standard InChI is InChI=1S/C17H14BNO4S/c20-18-16-10-14(9-8-13(16)11-23-18)19-24(21,22)17-7-3-5-12-4-1-2-6-15(12)17/h1-10,19-20H,11H2. The van der Waals surface area contributed by atoms with Crippen molar-refractivity contribution in [1.29, 1.82) is 0 Å². The number of sulfonamides is 1. The number of hydrogen-bond acceptors (Lipinski definition) is 4. The second kappa shape index (κ2) is 5.63. The van der Waals surface area contributed by atoms with Crippen molar-refractivity contribution in [2.75, 3.05) is 4.72 Å². The van der Waals surface area contributed by atoms with Crippen molar-refractivity contribution in [3.63, 3.8) is 0 Å². The molecule has 0 aromatic heterocycles. The molecule has 0 fully saturated rings. The Bertz CT molecular complexity index is 1030. The molecule has 120 valence electrons. The maximum absolute atomic E-state index is 12.8. The normalized spacial score (nSPS) is 14.0. The highest BCUT2D eigenvalue weighted by molar-refractivity contribution is 7.93. The molecular weight excluding hydrogens is 325 g/mol. The van der Waals surface area contributed by atoms with Gasteiger partial charge in [-0.05, 0) is 34.6 Å². The van der Waals surface area contributed by atoms with Crippen molar-refractivity contribution in [3.05, 3.63) is 66.2 Å². The van der Waals surface area contributed by atoms with Gasteiger partial charge < -0.3 is 9.68 Å². The lowest BCUT2D eigenvalue weighted by molar-refractivity contribution is 0.275. The number of anilines is 1. The van der Waals surface area contributed by atoms with Crippen molar-refractivity contribution in [3.8, 4) is 0 Å². The van der Waals surface area contributed by atoms with E-state index in [-0.39, 0.29) is 4.90 Å². The summed E-state index contributed by atoms with van der Waals surface area (Å²) in [5.74, 6) is 0. The van der Waals surface area contributed by atoms with Crippen molar-refractivity contribution < 1.29 is 18.1 Å². The SMILES string of the molecule is O=S(=O)(Nc1ccc2c(c1)B(O)OC2)c1cccc2ccccc12. The summed E-state index contributed by atoms with van der Waals surface area (Å²) in [5.41, 5.74) is 1.84. The van der Waals surface area contributed by atoms with Gasteiger partial charge in [0, 0.05) is 11.1 Å². The lowest BCUT2D eigenvalue weighted by Crippen LogP contribution is -2.28. The van der Waals surface area contributed by atoms with E-state index in [0.29, 0.717) is 23.1 Å². The molecule has 0 spiro atoms. The monoisotopic (exact) mass is 339 g/mol. The van der Waals surface area contributed by atoms with Gasteiger partial charge in [0.1, 0.15) is 0 Å². The molecule has 1 aliphatic rings. The molecule has 4 rings (SSSR count). The minimum atomic E-state index is -3.75. The zero-order valence-electron chi connectivity index (χ0n) is 12.6. The Morgan fingerprint density at radius 3 is 2.71 bits per heavy atom. The molecule has 0 atom stereocenters. The van der Waals surface area contributed by atoms with E-state index in [0.717, 1.165) is 10.9 Å². The van der Waals surface area contributed by atoms with Gasteiger partial charge in [-0.3, -0.25) is 4.72 Å². The van der Waals surface area contributed by atoms with Crippen LogP contribution in [0.25, 0.3) is 10.8 Å². The second-order valence-corrected chi connectivity index (χ2v) is 7.31. The maximum Gasteiger partial charge on any atom is 0.491 e.